The van der Waals surface area contributed by atoms with E-state index in [1.165, 1.54) is 6.07 Å². The number of piperidine rings is 1. The van der Waals surface area contributed by atoms with Gasteiger partial charge in [0.1, 0.15) is 11.6 Å². The van der Waals surface area contributed by atoms with Crippen molar-refractivity contribution in [3.63, 3.8) is 0 Å². The molecule has 1 aliphatic heterocycles. The Labute approximate surface area is 107 Å². The van der Waals surface area contributed by atoms with Crippen LogP contribution < -0.4 is 5.73 Å². The van der Waals surface area contributed by atoms with Crippen LogP contribution >= 0.6 is 0 Å². The van der Waals surface area contributed by atoms with Gasteiger partial charge in [0.05, 0.1) is 0 Å². The minimum absolute atomic E-state index is 0.0260. The fourth-order valence-electron chi connectivity index (χ4n) is 2.69. The van der Waals surface area contributed by atoms with Crippen molar-refractivity contribution in [3.8, 4) is 5.75 Å². The van der Waals surface area contributed by atoms with Crippen LogP contribution in [-0.2, 0) is 0 Å². The Morgan fingerprint density at radius 1 is 1.56 bits per heavy atom. The summed E-state index contributed by atoms with van der Waals surface area (Å²) in [7, 11) is 0. The standard InChI is InChI=1S/C14H21FN2O/c1-10(13-5-4-12(18)7-14(13)15)17-6-2-3-11(8-16)9-17/h4-5,7,10-11,18H,2-3,6,8-9,16H2,1H3. The summed E-state index contributed by atoms with van der Waals surface area (Å²) in [5, 5.41) is 9.24. The van der Waals surface area contributed by atoms with Gasteiger partial charge in [-0.05, 0) is 44.8 Å². The van der Waals surface area contributed by atoms with E-state index in [4.69, 9.17) is 5.73 Å². The predicted molar refractivity (Wildman–Crippen MR) is 69.8 cm³/mol. The first kappa shape index (κ1) is 13.3. The topological polar surface area (TPSA) is 49.5 Å². The van der Waals surface area contributed by atoms with Gasteiger partial charge in [-0.1, -0.05) is 6.07 Å². The molecular weight excluding hydrogens is 231 g/mol. The minimum atomic E-state index is -0.336. The van der Waals surface area contributed by atoms with E-state index >= 15 is 0 Å². The smallest absolute Gasteiger partial charge is 0.131 e. The lowest BCUT2D eigenvalue weighted by Gasteiger charge is -2.36. The average molecular weight is 252 g/mol. The molecule has 1 fully saturated rings. The van der Waals surface area contributed by atoms with Crippen LogP contribution in [0.3, 0.4) is 0 Å². The number of phenols is 1. The first-order valence-electron chi connectivity index (χ1n) is 6.54. The van der Waals surface area contributed by atoms with Crippen molar-refractivity contribution in [1.29, 1.82) is 0 Å². The summed E-state index contributed by atoms with van der Waals surface area (Å²) >= 11 is 0. The molecule has 18 heavy (non-hydrogen) atoms. The van der Waals surface area contributed by atoms with Gasteiger partial charge >= 0.3 is 0 Å². The molecule has 0 aromatic heterocycles. The van der Waals surface area contributed by atoms with Crippen LogP contribution in [0.5, 0.6) is 5.75 Å². The minimum Gasteiger partial charge on any atom is -0.508 e. The molecule has 1 aliphatic rings. The lowest BCUT2D eigenvalue weighted by Crippen LogP contribution is -2.39. The second-order valence-corrected chi connectivity index (χ2v) is 5.12. The molecular formula is C14H21FN2O. The molecule has 1 aromatic carbocycles. The van der Waals surface area contributed by atoms with Gasteiger partial charge in [0.2, 0.25) is 0 Å². The maximum absolute atomic E-state index is 13.8. The Kier molecular flexibility index (Phi) is 4.19. The average Bonchev–Trinajstić information content (AvgIpc) is 2.38. The Balaban J connectivity index is 2.12. The van der Waals surface area contributed by atoms with Gasteiger partial charge in [-0.25, -0.2) is 4.39 Å². The number of nitrogens with zero attached hydrogens (tertiary/aromatic N) is 1. The number of hydrogen-bond acceptors (Lipinski definition) is 3. The molecule has 0 bridgehead atoms. The number of rotatable bonds is 3. The van der Waals surface area contributed by atoms with Gasteiger partial charge in [-0.15, -0.1) is 0 Å². The van der Waals surface area contributed by atoms with Gasteiger partial charge < -0.3 is 10.8 Å². The molecule has 2 rings (SSSR count). The third-order valence-electron chi connectivity index (χ3n) is 3.87. The van der Waals surface area contributed by atoms with E-state index in [9.17, 15) is 9.50 Å². The van der Waals surface area contributed by atoms with Crippen LogP contribution in [0.25, 0.3) is 0 Å². The third kappa shape index (κ3) is 2.82. The number of likely N-dealkylation sites (tertiary alicyclic amines) is 1. The first-order chi connectivity index (χ1) is 8.61. The molecule has 0 amide bonds. The van der Waals surface area contributed by atoms with Crippen LogP contribution in [0, 0.1) is 11.7 Å². The van der Waals surface area contributed by atoms with E-state index in [1.807, 2.05) is 6.92 Å². The summed E-state index contributed by atoms with van der Waals surface area (Å²) in [4.78, 5) is 2.27. The summed E-state index contributed by atoms with van der Waals surface area (Å²) in [6.07, 6.45) is 2.28. The summed E-state index contributed by atoms with van der Waals surface area (Å²) in [5.74, 6) is 0.153. The number of benzene rings is 1. The lowest BCUT2D eigenvalue weighted by molar-refractivity contribution is 0.132. The number of aromatic hydroxyl groups is 1. The quantitative estimate of drug-likeness (QED) is 0.867. The highest BCUT2D eigenvalue weighted by Gasteiger charge is 2.25. The molecule has 3 N–H and O–H groups in total. The lowest BCUT2D eigenvalue weighted by atomic mass is 9.95. The van der Waals surface area contributed by atoms with E-state index in [-0.39, 0.29) is 17.6 Å². The van der Waals surface area contributed by atoms with Crippen molar-refractivity contribution in [2.45, 2.75) is 25.8 Å². The van der Waals surface area contributed by atoms with Gasteiger partial charge in [0, 0.05) is 24.2 Å². The number of halogens is 1. The van der Waals surface area contributed by atoms with E-state index in [0.717, 1.165) is 25.9 Å². The van der Waals surface area contributed by atoms with Gasteiger partial charge in [0.15, 0.2) is 0 Å². The SMILES string of the molecule is CC(c1ccc(O)cc1F)N1CCCC(CN)C1. The number of hydrogen-bond donors (Lipinski definition) is 2. The van der Waals surface area contributed by atoms with E-state index in [0.29, 0.717) is 18.0 Å². The van der Waals surface area contributed by atoms with Crippen LogP contribution in [0.4, 0.5) is 4.39 Å². The van der Waals surface area contributed by atoms with E-state index in [1.54, 1.807) is 12.1 Å². The zero-order chi connectivity index (χ0) is 13.1. The molecule has 0 spiro atoms. The van der Waals surface area contributed by atoms with Crippen molar-refractivity contribution in [2.75, 3.05) is 19.6 Å². The molecule has 2 atom stereocenters. The molecule has 2 unspecified atom stereocenters. The molecule has 0 aliphatic carbocycles. The largest absolute Gasteiger partial charge is 0.508 e. The van der Waals surface area contributed by atoms with Crippen LogP contribution in [0.2, 0.25) is 0 Å². The highest BCUT2D eigenvalue weighted by atomic mass is 19.1. The van der Waals surface area contributed by atoms with Gasteiger partial charge in [0.25, 0.3) is 0 Å². The fraction of sp³-hybridized carbons (Fsp3) is 0.571. The van der Waals surface area contributed by atoms with Crippen molar-refractivity contribution in [1.82, 2.24) is 4.90 Å². The highest BCUT2D eigenvalue weighted by Crippen LogP contribution is 2.29. The van der Waals surface area contributed by atoms with Crippen molar-refractivity contribution in [3.05, 3.63) is 29.6 Å². The van der Waals surface area contributed by atoms with Crippen molar-refractivity contribution >= 4 is 0 Å². The van der Waals surface area contributed by atoms with Crippen LogP contribution in [0.1, 0.15) is 31.4 Å². The summed E-state index contributed by atoms with van der Waals surface area (Å²) < 4.78 is 13.8. The molecule has 100 valence electrons. The third-order valence-corrected chi connectivity index (χ3v) is 3.87. The molecule has 4 heteroatoms. The monoisotopic (exact) mass is 252 g/mol. The summed E-state index contributed by atoms with van der Waals surface area (Å²) in [6.45, 7) is 4.62. The predicted octanol–water partition coefficient (Wildman–Crippen LogP) is 2.26. The maximum atomic E-state index is 13.8. The van der Waals surface area contributed by atoms with E-state index in [2.05, 4.69) is 4.90 Å². The van der Waals surface area contributed by atoms with Crippen LogP contribution in [-0.4, -0.2) is 29.6 Å². The summed E-state index contributed by atoms with van der Waals surface area (Å²) in [5.41, 5.74) is 6.36. The number of nitrogens with two attached hydrogens (primary N) is 1. The molecule has 1 saturated heterocycles. The second-order valence-electron chi connectivity index (χ2n) is 5.12. The molecule has 1 aromatic rings. The Bertz CT molecular complexity index is 411. The molecule has 0 saturated carbocycles. The van der Waals surface area contributed by atoms with Gasteiger partial charge in [-0.2, -0.15) is 0 Å². The van der Waals surface area contributed by atoms with Crippen molar-refractivity contribution in [2.24, 2.45) is 11.7 Å². The Morgan fingerprint density at radius 3 is 3.00 bits per heavy atom. The first-order valence-corrected chi connectivity index (χ1v) is 6.54. The van der Waals surface area contributed by atoms with Gasteiger partial charge in [-0.3, -0.25) is 4.90 Å². The molecule has 0 radical (unpaired) electrons. The Hall–Kier alpha value is -1.13. The normalized spacial score (nSPS) is 22.9. The highest BCUT2D eigenvalue weighted by molar-refractivity contribution is 5.29. The van der Waals surface area contributed by atoms with Crippen LogP contribution in [0.15, 0.2) is 18.2 Å². The molecule has 1 heterocycles. The van der Waals surface area contributed by atoms with Crippen molar-refractivity contribution < 1.29 is 9.50 Å². The fourth-order valence-corrected chi connectivity index (χ4v) is 2.69. The molecule has 3 nitrogen and oxygen atoms in total. The number of phenolic OH excluding ortho intramolecular Hbond substituents is 1. The summed E-state index contributed by atoms with van der Waals surface area (Å²) in [6, 6.07) is 4.41. The Morgan fingerprint density at radius 2 is 2.33 bits per heavy atom. The van der Waals surface area contributed by atoms with E-state index < -0.39 is 0 Å². The zero-order valence-corrected chi connectivity index (χ0v) is 10.8. The zero-order valence-electron chi connectivity index (χ0n) is 10.8. The second kappa shape index (κ2) is 5.67. The maximum Gasteiger partial charge on any atom is 0.131 e.